The Balaban J connectivity index is 2.03. The molecule has 0 aliphatic rings. The Morgan fingerprint density at radius 1 is 1.36 bits per heavy atom. The van der Waals surface area contributed by atoms with Crippen LogP contribution in [-0.4, -0.2) is 27.5 Å². The van der Waals surface area contributed by atoms with Gasteiger partial charge in [0.05, 0.1) is 23.6 Å². The van der Waals surface area contributed by atoms with Crippen molar-refractivity contribution in [3.63, 3.8) is 0 Å². The van der Waals surface area contributed by atoms with E-state index >= 15 is 0 Å². The Kier molecular flexibility index (Phi) is 4.94. The lowest BCUT2D eigenvalue weighted by atomic mass is 9.92. The highest BCUT2D eigenvalue weighted by molar-refractivity contribution is 6.30. The second-order valence-corrected chi connectivity index (χ2v) is 6.26. The van der Waals surface area contributed by atoms with Crippen LogP contribution in [0.15, 0.2) is 42.6 Å². The summed E-state index contributed by atoms with van der Waals surface area (Å²) < 4.78 is 1.89. The van der Waals surface area contributed by atoms with Gasteiger partial charge in [-0.25, -0.2) is 0 Å². The Morgan fingerprint density at radius 3 is 2.55 bits per heavy atom. The highest BCUT2D eigenvalue weighted by Gasteiger charge is 2.28. The Hall–Kier alpha value is -1.78. The fourth-order valence-electron chi connectivity index (χ4n) is 2.38. The van der Waals surface area contributed by atoms with Crippen molar-refractivity contribution < 1.29 is 9.90 Å². The summed E-state index contributed by atoms with van der Waals surface area (Å²) in [6.07, 6.45) is 1.83. The summed E-state index contributed by atoms with van der Waals surface area (Å²) in [7, 11) is 3.62. The van der Waals surface area contributed by atoms with E-state index in [1.807, 2.05) is 48.0 Å². The number of carbonyl (C=O) groups is 1. The number of benzene rings is 1. The molecule has 2 aromatic rings. The second-order valence-electron chi connectivity index (χ2n) is 5.83. The molecule has 0 spiro atoms. The minimum Gasteiger partial charge on any atom is -0.385 e. The molecular formula is C17H21ClN2O2. The van der Waals surface area contributed by atoms with Crippen molar-refractivity contribution in [3.05, 3.63) is 58.9 Å². The van der Waals surface area contributed by atoms with Crippen LogP contribution >= 0.6 is 11.6 Å². The van der Waals surface area contributed by atoms with Gasteiger partial charge in [0.15, 0.2) is 0 Å². The predicted molar refractivity (Wildman–Crippen MR) is 87.5 cm³/mol. The molecule has 1 amide bonds. The number of halogens is 1. The molecule has 4 nitrogen and oxygen atoms in total. The molecule has 1 unspecified atom stereocenters. The van der Waals surface area contributed by atoms with E-state index in [0.717, 1.165) is 11.3 Å². The van der Waals surface area contributed by atoms with Crippen LogP contribution in [-0.2, 0) is 24.0 Å². The van der Waals surface area contributed by atoms with Gasteiger partial charge in [-0.3, -0.25) is 4.79 Å². The van der Waals surface area contributed by atoms with Crippen LogP contribution < -0.4 is 0 Å². The van der Waals surface area contributed by atoms with Crippen molar-refractivity contribution in [1.29, 1.82) is 0 Å². The lowest BCUT2D eigenvalue weighted by Gasteiger charge is -2.26. The number of aromatic nitrogens is 1. The topological polar surface area (TPSA) is 45.5 Å². The van der Waals surface area contributed by atoms with E-state index in [0.29, 0.717) is 11.6 Å². The van der Waals surface area contributed by atoms with Gasteiger partial charge >= 0.3 is 0 Å². The number of amides is 1. The van der Waals surface area contributed by atoms with Crippen LogP contribution in [0.25, 0.3) is 0 Å². The van der Waals surface area contributed by atoms with Crippen LogP contribution in [0.3, 0.4) is 0 Å². The third-order valence-electron chi connectivity index (χ3n) is 3.79. The smallest absolute Gasteiger partial charge is 0.225 e. The summed E-state index contributed by atoms with van der Waals surface area (Å²) >= 11 is 5.95. The number of hydrogen-bond acceptors (Lipinski definition) is 2. The van der Waals surface area contributed by atoms with E-state index in [4.69, 9.17) is 11.6 Å². The standard InChI is InChI=1S/C17H21ClN2O2/c1-17(22,13-7-5-4-6-8-13)10-16(21)20(3)12-15-9-14(18)11-19(15)2/h4-9,11,22H,10,12H2,1-3H3. The molecule has 0 bridgehead atoms. The molecule has 5 heteroatoms. The van der Waals surface area contributed by atoms with Crippen LogP contribution in [0.2, 0.25) is 5.02 Å². The molecule has 0 aliphatic heterocycles. The minimum absolute atomic E-state index is 0.0334. The first-order valence-electron chi connectivity index (χ1n) is 7.12. The molecule has 118 valence electrons. The molecular weight excluding hydrogens is 300 g/mol. The fourth-order valence-corrected chi connectivity index (χ4v) is 2.66. The van der Waals surface area contributed by atoms with Gasteiger partial charge in [0.1, 0.15) is 0 Å². The number of aliphatic hydroxyl groups is 1. The van der Waals surface area contributed by atoms with Crippen LogP contribution in [0.4, 0.5) is 0 Å². The molecule has 0 aliphatic carbocycles. The molecule has 1 atom stereocenters. The van der Waals surface area contributed by atoms with Crippen molar-refractivity contribution in [2.45, 2.75) is 25.5 Å². The molecule has 2 rings (SSSR count). The predicted octanol–water partition coefficient (Wildman–Crippen LogP) is 2.93. The van der Waals surface area contributed by atoms with E-state index in [1.54, 1.807) is 25.1 Å². The lowest BCUT2D eigenvalue weighted by molar-refractivity contribution is -0.135. The van der Waals surface area contributed by atoms with Gasteiger partial charge in [-0.15, -0.1) is 0 Å². The van der Waals surface area contributed by atoms with Gasteiger partial charge in [-0.05, 0) is 18.6 Å². The van der Waals surface area contributed by atoms with Gasteiger partial charge in [0.25, 0.3) is 0 Å². The molecule has 1 aromatic carbocycles. The van der Waals surface area contributed by atoms with Gasteiger partial charge in [-0.1, -0.05) is 41.9 Å². The first-order valence-corrected chi connectivity index (χ1v) is 7.50. The van der Waals surface area contributed by atoms with Crippen molar-refractivity contribution in [3.8, 4) is 0 Å². The maximum absolute atomic E-state index is 12.4. The Labute approximate surface area is 135 Å². The molecule has 1 heterocycles. The summed E-state index contributed by atoms with van der Waals surface area (Å²) in [5.41, 5.74) is 0.497. The normalized spacial score (nSPS) is 13.7. The van der Waals surface area contributed by atoms with Crippen LogP contribution in [0.5, 0.6) is 0 Å². The first kappa shape index (κ1) is 16.6. The SMILES string of the molecule is CN(Cc1cc(Cl)cn1C)C(=O)CC(C)(O)c1ccccc1. The van der Waals surface area contributed by atoms with E-state index < -0.39 is 5.60 Å². The summed E-state index contributed by atoms with van der Waals surface area (Å²) in [6.45, 7) is 2.11. The average molecular weight is 321 g/mol. The molecule has 1 N–H and O–H groups in total. The maximum atomic E-state index is 12.4. The van der Waals surface area contributed by atoms with Gasteiger partial charge in [0, 0.05) is 26.0 Å². The number of nitrogens with zero attached hydrogens (tertiary/aromatic N) is 2. The Bertz CT molecular complexity index is 650. The van der Waals surface area contributed by atoms with Crippen molar-refractivity contribution in [2.75, 3.05) is 7.05 Å². The van der Waals surface area contributed by atoms with E-state index in [2.05, 4.69) is 0 Å². The number of aryl methyl sites for hydroxylation is 1. The summed E-state index contributed by atoms with van der Waals surface area (Å²) in [6, 6.07) is 11.1. The highest BCUT2D eigenvalue weighted by atomic mass is 35.5. The third-order valence-corrected chi connectivity index (χ3v) is 4.00. The quantitative estimate of drug-likeness (QED) is 0.920. The van der Waals surface area contributed by atoms with E-state index in [9.17, 15) is 9.90 Å². The molecule has 22 heavy (non-hydrogen) atoms. The average Bonchev–Trinajstić information content (AvgIpc) is 2.77. The van der Waals surface area contributed by atoms with E-state index in [-0.39, 0.29) is 12.3 Å². The lowest BCUT2D eigenvalue weighted by Crippen LogP contribution is -2.34. The minimum atomic E-state index is -1.18. The number of rotatable bonds is 5. The summed E-state index contributed by atoms with van der Waals surface area (Å²) in [4.78, 5) is 14.0. The zero-order valence-corrected chi connectivity index (χ0v) is 13.8. The molecule has 0 fully saturated rings. The largest absolute Gasteiger partial charge is 0.385 e. The van der Waals surface area contributed by atoms with Gasteiger partial charge < -0.3 is 14.6 Å². The van der Waals surface area contributed by atoms with Crippen LogP contribution in [0, 0.1) is 0 Å². The maximum Gasteiger partial charge on any atom is 0.225 e. The molecule has 0 radical (unpaired) electrons. The Morgan fingerprint density at radius 2 is 2.00 bits per heavy atom. The zero-order valence-electron chi connectivity index (χ0n) is 13.1. The van der Waals surface area contributed by atoms with Gasteiger partial charge in [-0.2, -0.15) is 0 Å². The summed E-state index contributed by atoms with van der Waals surface area (Å²) in [5, 5.41) is 11.2. The van der Waals surface area contributed by atoms with Crippen molar-refractivity contribution in [2.24, 2.45) is 7.05 Å². The third kappa shape index (κ3) is 3.90. The van der Waals surface area contributed by atoms with E-state index in [1.165, 1.54) is 0 Å². The van der Waals surface area contributed by atoms with Crippen molar-refractivity contribution >= 4 is 17.5 Å². The molecule has 0 saturated heterocycles. The molecule has 1 aromatic heterocycles. The molecule has 0 saturated carbocycles. The number of carbonyl (C=O) groups excluding carboxylic acids is 1. The summed E-state index contributed by atoms with van der Waals surface area (Å²) in [5.74, 6) is -0.119. The highest BCUT2D eigenvalue weighted by Crippen LogP contribution is 2.25. The fraction of sp³-hybridized carbons (Fsp3) is 0.353. The number of hydrogen-bond donors (Lipinski definition) is 1. The van der Waals surface area contributed by atoms with Crippen molar-refractivity contribution in [1.82, 2.24) is 9.47 Å². The zero-order chi connectivity index (χ0) is 16.3. The first-order chi connectivity index (χ1) is 10.3. The van der Waals surface area contributed by atoms with Gasteiger partial charge in [0.2, 0.25) is 5.91 Å². The van der Waals surface area contributed by atoms with Crippen LogP contribution in [0.1, 0.15) is 24.6 Å². The monoisotopic (exact) mass is 320 g/mol. The second kappa shape index (κ2) is 6.55.